The normalized spacial score (nSPS) is 15.6. The Labute approximate surface area is 83.9 Å². The molecule has 3 heteroatoms. The highest BCUT2D eigenvalue weighted by Gasteiger charge is 2.09. The lowest BCUT2D eigenvalue weighted by Gasteiger charge is -2.18. The fraction of sp³-hybridized carbons (Fsp3) is 0.600. The van der Waals surface area contributed by atoms with Crippen LogP contribution in [0, 0.1) is 0 Å². The van der Waals surface area contributed by atoms with Gasteiger partial charge < -0.3 is 10.1 Å². The summed E-state index contributed by atoms with van der Waals surface area (Å²) in [6.45, 7) is 5.07. The van der Waals surface area contributed by atoms with Gasteiger partial charge in [-0.05, 0) is 25.3 Å². The summed E-state index contributed by atoms with van der Waals surface area (Å²) >= 11 is 1.79. The zero-order valence-electron chi connectivity index (χ0n) is 8.41. The van der Waals surface area contributed by atoms with Crippen molar-refractivity contribution in [2.24, 2.45) is 0 Å². The molecule has 0 aliphatic carbocycles. The second kappa shape index (κ2) is 5.37. The lowest BCUT2D eigenvalue weighted by atomic mass is 10.2. The molecule has 1 heterocycles. The summed E-state index contributed by atoms with van der Waals surface area (Å²) in [4.78, 5) is 1.38. The van der Waals surface area contributed by atoms with Crippen molar-refractivity contribution >= 4 is 11.3 Å². The van der Waals surface area contributed by atoms with E-state index in [1.807, 2.05) is 0 Å². The molecular formula is C10H17NOS. The lowest BCUT2D eigenvalue weighted by Crippen LogP contribution is -2.32. The zero-order chi connectivity index (χ0) is 9.68. The van der Waals surface area contributed by atoms with Gasteiger partial charge in [0.2, 0.25) is 0 Å². The Hall–Kier alpha value is -0.380. The molecule has 0 saturated carbocycles. The number of rotatable bonds is 5. The Kier molecular flexibility index (Phi) is 4.42. The molecule has 2 atom stereocenters. The second-order valence-corrected chi connectivity index (χ2v) is 4.24. The van der Waals surface area contributed by atoms with Gasteiger partial charge in [-0.25, -0.2) is 0 Å². The molecule has 2 nitrogen and oxygen atoms in total. The van der Waals surface area contributed by atoms with Crippen LogP contribution in [0.1, 0.15) is 24.8 Å². The third kappa shape index (κ3) is 3.46. The van der Waals surface area contributed by atoms with E-state index in [0.717, 1.165) is 6.61 Å². The maximum absolute atomic E-state index is 5.06. The van der Waals surface area contributed by atoms with Crippen LogP contribution in [-0.2, 0) is 4.74 Å². The summed E-state index contributed by atoms with van der Waals surface area (Å²) in [6, 6.07) is 5.06. The van der Waals surface area contributed by atoms with Crippen molar-refractivity contribution in [1.82, 2.24) is 5.32 Å². The molecule has 74 valence electrons. The van der Waals surface area contributed by atoms with Gasteiger partial charge in [0.15, 0.2) is 0 Å². The monoisotopic (exact) mass is 199 g/mol. The fourth-order valence-corrected chi connectivity index (χ4v) is 2.09. The van der Waals surface area contributed by atoms with Gasteiger partial charge in [0.05, 0.1) is 6.61 Å². The van der Waals surface area contributed by atoms with E-state index >= 15 is 0 Å². The summed E-state index contributed by atoms with van der Waals surface area (Å²) in [7, 11) is 1.73. The Morgan fingerprint density at radius 2 is 2.31 bits per heavy atom. The van der Waals surface area contributed by atoms with E-state index in [9.17, 15) is 0 Å². The molecule has 1 rings (SSSR count). The molecule has 0 radical (unpaired) electrons. The number of thiophene rings is 1. The molecule has 0 spiro atoms. The lowest BCUT2D eigenvalue weighted by molar-refractivity contribution is 0.168. The summed E-state index contributed by atoms with van der Waals surface area (Å²) < 4.78 is 5.06. The molecule has 0 fully saturated rings. The highest BCUT2D eigenvalue weighted by molar-refractivity contribution is 7.10. The van der Waals surface area contributed by atoms with E-state index in [2.05, 4.69) is 36.7 Å². The first kappa shape index (κ1) is 10.7. The third-order valence-corrected chi connectivity index (χ3v) is 2.98. The van der Waals surface area contributed by atoms with Crippen molar-refractivity contribution in [3.8, 4) is 0 Å². The van der Waals surface area contributed by atoms with Crippen LogP contribution in [0.15, 0.2) is 17.5 Å². The largest absolute Gasteiger partial charge is 0.383 e. The van der Waals surface area contributed by atoms with E-state index in [1.54, 1.807) is 18.4 Å². The standard InChI is InChI=1S/C10H17NOS/c1-8(7-12-3)11-9(2)10-5-4-6-13-10/h4-6,8-9,11H,7H2,1-3H3/t8?,9-/m0/s1. The first-order valence-electron chi connectivity index (χ1n) is 4.52. The number of ether oxygens (including phenoxy) is 1. The molecule has 0 aromatic carbocycles. The van der Waals surface area contributed by atoms with Gasteiger partial charge in [-0.3, -0.25) is 0 Å². The average Bonchev–Trinajstić information content (AvgIpc) is 2.55. The molecular weight excluding hydrogens is 182 g/mol. The minimum Gasteiger partial charge on any atom is -0.383 e. The predicted octanol–water partition coefficient (Wildman–Crippen LogP) is 2.43. The van der Waals surface area contributed by atoms with E-state index in [1.165, 1.54) is 4.88 Å². The van der Waals surface area contributed by atoms with Gasteiger partial charge in [0.25, 0.3) is 0 Å². The average molecular weight is 199 g/mol. The summed E-state index contributed by atoms with van der Waals surface area (Å²) in [5.41, 5.74) is 0. The number of nitrogens with one attached hydrogen (secondary N) is 1. The summed E-state index contributed by atoms with van der Waals surface area (Å²) in [6.07, 6.45) is 0. The Morgan fingerprint density at radius 1 is 1.54 bits per heavy atom. The van der Waals surface area contributed by atoms with Crippen molar-refractivity contribution in [2.45, 2.75) is 25.9 Å². The van der Waals surface area contributed by atoms with Gasteiger partial charge >= 0.3 is 0 Å². The summed E-state index contributed by atoms with van der Waals surface area (Å²) in [5, 5.41) is 5.57. The highest BCUT2D eigenvalue weighted by Crippen LogP contribution is 2.18. The van der Waals surface area contributed by atoms with Crippen LogP contribution < -0.4 is 5.32 Å². The minimum absolute atomic E-state index is 0.405. The maximum Gasteiger partial charge on any atom is 0.0613 e. The second-order valence-electron chi connectivity index (χ2n) is 3.26. The van der Waals surface area contributed by atoms with E-state index < -0.39 is 0 Å². The number of hydrogen-bond donors (Lipinski definition) is 1. The van der Waals surface area contributed by atoms with Crippen LogP contribution in [0.5, 0.6) is 0 Å². The van der Waals surface area contributed by atoms with Crippen LogP contribution in [0.2, 0.25) is 0 Å². The number of methoxy groups -OCH3 is 1. The van der Waals surface area contributed by atoms with Gasteiger partial charge in [0, 0.05) is 24.1 Å². The van der Waals surface area contributed by atoms with E-state index in [0.29, 0.717) is 12.1 Å². The molecule has 1 aromatic rings. The van der Waals surface area contributed by atoms with Crippen molar-refractivity contribution in [1.29, 1.82) is 0 Å². The SMILES string of the molecule is COCC(C)N[C@@H](C)c1cccs1. The van der Waals surface area contributed by atoms with Gasteiger partial charge in [0.1, 0.15) is 0 Å². The van der Waals surface area contributed by atoms with Crippen LogP contribution >= 0.6 is 11.3 Å². The molecule has 13 heavy (non-hydrogen) atoms. The first-order valence-corrected chi connectivity index (χ1v) is 5.40. The van der Waals surface area contributed by atoms with Crippen LogP contribution in [0.3, 0.4) is 0 Å². The zero-order valence-corrected chi connectivity index (χ0v) is 9.23. The molecule has 1 N–H and O–H groups in total. The Morgan fingerprint density at radius 3 is 2.85 bits per heavy atom. The van der Waals surface area contributed by atoms with E-state index in [4.69, 9.17) is 4.74 Å². The summed E-state index contributed by atoms with van der Waals surface area (Å²) in [5.74, 6) is 0. The molecule has 0 aliphatic heterocycles. The Bertz CT molecular complexity index is 223. The molecule has 0 aliphatic rings. The topological polar surface area (TPSA) is 21.3 Å². The van der Waals surface area contributed by atoms with E-state index in [-0.39, 0.29) is 0 Å². The molecule has 0 amide bonds. The van der Waals surface area contributed by atoms with Crippen molar-refractivity contribution in [3.63, 3.8) is 0 Å². The Balaban J connectivity index is 2.37. The maximum atomic E-state index is 5.06. The molecule has 0 saturated heterocycles. The van der Waals surface area contributed by atoms with Crippen LogP contribution in [0.25, 0.3) is 0 Å². The van der Waals surface area contributed by atoms with Gasteiger partial charge in [-0.1, -0.05) is 6.07 Å². The third-order valence-electron chi connectivity index (χ3n) is 1.92. The fourth-order valence-electron chi connectivity index (χ4n) is 1.34. The molecule has 0 bridgehead atoms. The van der Waals surface area contributed by atoms with Crippen molar-refractivity contribution in [3.05, 3.63) is 22.4 Å². The van der Waals surface area contributed by atoms with Crippen LogP contribution in [-0.4, -0.2) is 19.8 Å². The highest BCUT2D eigenvalue weighted by atomic mass is 32.1. The quantitative estimate of drug-likeness (QED) is 0.786. The van der Waals surface area contributed by atoms with Crippen molar-refractivity contribution < 1.29 is 4.74 Å². The predicted molar refractivity (Wildman–Crippen MR) is 57.2 cm³/mol. The van der Waals surface area contributed by atoms with Gasteiger partial charge in [-0.15, -0.1) is 11.3 Å². The molecule has 1 unspecified atom stereocenters. The smallest absolute Gasteiger partial charge is 0.0613 e. The number of hydrogen-bond acceptors (Lipinski definition) is 3. The van der Waals surface area contributed by atoms with Crippen molar-refractivity contribution in [2.75, 3.05) is 13.7 Å². The minimum atomic E-state index is 0.405. The first-order chi connectivity index (χ1) is 6.24. The molecule has 1 aromatic heterocycles. The van der Waals surface area contributed by atoms with Gasteiger partial charge in [-0.2, -0.15) is 0 Å². The van der Waals surface area contributed by atoms with Crippen LogP contribution in [0.4, 0.5) is 0 Å².